The maximum atomic E-state index is 6.29. The average molecular weight is 410 g/mol. The molecular formula is C21H32ClN3OS. The highest BCUT2D eigenvalue weighted by Gasteiger charge is 2.35. The second kappa shape index (κ2) is 10.0. The second-order valence-corrected chi connectivity index (χ2v) is 9.18. The molecule has 1 aliphatic carbocycles. The molecule has 0 amide bonds. The van der Waals surface area contributed by atoms with Crippen molar-refractivity contribution in [2.24, 2.45) is 4.99 Å². The van der Waals surface area contributed by atoms with E-state index < -0.39 is 0 Å². The first kappa shape index (κ1) is 20.8. The van der Waals surface area contributed by atoms with Gasteiger partial charge in [0, 0.05) is 41.5 Å². The minimum atomic E-state index is 0.00296. The Morgan fingerprint density at radius 2 is 2.15 bits per heavy atom. The van der Waals surface area contributed by atoms with E-state index in [1.54, 1.807) is 0 Å². The topological polar surface area (TPSA) is 45.7 Å². The summed E-state index contributed by atoms with van der Waals surface area (Å²) in [6.07, 6.45) is 7.92. The van der Waals surface area contributed by atoms with Crippen molar-refractivity contribution in [1.29, 1.82) is 0 Å². The lowest BCUT2D eigenvalue weighted by Crippen LogP contribution is -2.44. The van der Waals surface area contributed by atoms with E-state index in [4.69, 9.17) is 21.3 Å². The monoisotopic (exact) mass is 409 g/mol. The molecule has 1 aliphatic heterocycles. The molecule has 0 radical (unpaired) electrons. The zero-order valence-corrected chi connectivity index (χ0v) is 18.0. The fraction of sp³-hybridized carbons (Fsp3) is 0.667. The molecule has 1 saturated heterocycles. The fourth-order valence-electron chi connectivity index (χ4n) is 4.15. The largest absolute Gasteiger partial charge is 0.381 e. The Kier molecular flexibility index (Phi) is 7.74. The summed E-state index contributed by atoms with van der Waals surface area (Å²) < 4.78 is 5.65. The Hall–Kier alpha value is -0.910. The molecule has 4 nitrogen and oxygen atoms in total. The van der Waals surface area contributed by atoms with E-state index in [9.17, 15) is 0 Å². The number of ether oxygens (including phenoxy) is 1. The van der Waals surface area contributed by atoms with Gasteiger partial charge in [-0.2, -0.15) is 11.8 Å². The average Bonchev–Trinajstić information content (AvgIpc) is 3.15. The predicted molar refractivity (Wildman–Crippen MR) is 117 cm³/mol. The third-order valence-corrected chi connectivity index (χ3v) is 7.16. The molecule has 1 heterocycles. The summed E-state index contributed by atoms with van der Waals surface area (Å²) in [7, 11) is 0. The zero-order valence-electron chi connectivity index (χ0n) is 16.5. The highest BCUT2D eigenvalue weighted by molar-refractivity contribution is 7.99. The van der Waals surface area contributed by atoms with Gasteiger partial charge in [0.25, 0.3) is 0 Å². The summed E-state index contributed by atoms with van der Waals surface area (Å²) in [5, 5.41) is 8.68. The predicted octanol–water partition coefficient (Wildman–Crippen LogP) is 4.23. The molecule has 2 N–H and O–H groups in total. The van der Waals surface area contributed by atoms with Gasteiger partial charge in [-0.25, -0.2) is 0 Å². The molecule has 150 valence electrons. The van der Waals surface area contributed by atoms with Gasteiger partial charge in [-0.3, -0.25) is 4.99 Å². The van der Waals surface area contributed by atoms with Crippen LogP contribution in [0.25, 0.3) is 0 Å². The molecule has 27 heavy (non-hydrogen) atoms. The molecule has 1 aromatic rings. The van der Waals surface area contributed by atoms with Crippen LogP contribution in [0.15, 0.2) is 29.3 Å². The Bertz CT molecular complexity index is 634. The number of nitrogens with zero attached hydrogens (tertiary/aromatic N) is 1. The van der Waals surface area contributed by atoms with E-state index in [2.05, 4.69) is 35.9 Å². The first-order valence-electron chi connectivity index (χ1n) is 10.1. The lowest BCUT2D eigenvalue weighted by molar-refractivity contribution is 0.0531. The van der Waals surface area contributed by atoms with Crippen LogP contribution in [0.2, 0.25) is 5.02 Å². The minimum Gasteiger partial charge on any atom is -0.381 e. The number of hydrogen-bond donors (Lipinski definition) is 2. The summed E-state index contributed by atoms with van der Waals surface area (Å²) in [6, 6.07) is 8.80. The van der Waals surface area contributed by atoms with Crippen molar-refractivity contribution < 1.29 is 4.74 Å². The van der Waals surface area contributed by atoms with Crippen molar-refractivity contribution >= 4 is 29.3 Å². The molecule has 1 saturated carbocycles. The van der Waals surface area contributed by atoms with Gasteiger partial charge in [-0.15, -0.1) is 0 Å². The van der Waals surface area contributed by atoms with Crippen molar-refractivity contribution in [2.75, 3.05) is 32.6 Å². The van der Waals surface area contributed by atoms with Crippen LogP contribution in [0.4, 0.5) is 0 Å². The number of halogens is 1. The standard InChI is InChI=1S/C21H32ClN3OS/c1-3-23-20(25-18-7-8-19(14-18)27-2)24-15-21(9-11-26-12-10-21)16-5-4-6-17(22)13-16/h4-6,13,18-19H,3,7-12,14-15H2,1-2H3,(H2,23,24,25). The minimum absolute atomic E-state index is 0.00296. The van der Waals surface area contributed by atoms with Crippen molar-refractivity contribution in [3.05, 3.63) is 34.9 Å². The van der Waals surface area contributed by atoms with Crippen molar-refractivity contribution in [2.45, 2.75) is 55.7 Å². The van der Waals surface area contributed by atoms with Gasteiger partial charge in [0.05, 0.1) is 6.54 Å². The zero-order chi connectivity index (χ0) is 19.1. The van der Waals surface area contributed by atoms with Gasteiger partial charge in [-0.05, 0) is 63.0 Å². The molecule has 2 atom stereocenters. The van der Waals surface area contributed by atoms with E-state index in [1.165, 1.54) is 24.8 Å². The van der Waals surface area contributed by atoms with Gasteiger partial charge in [-0.1, -0.05) is 23.7 Å². The normalized spacial score (nSPS) is 25.4. The maximum Gasteiger partial charge on any atom is 0.191 e. The molecule has 0 bridgehead atoms. The first-order valence-corrected chi connectivity index (χ1v) is 11.7. The SMILES string of the molecule is CCNC(=NCC1(c2cccc(Cl)c2)CCOCC1)NC1CCC(SC)C1. The van der Waals surface area contributed by atoms with Crippen LogP contribution in [-0.4, -0.2) is 49.8 Å². The summed E-state index contributed by atoms with van der Waals surface area (Å²) in [5.74, 6) is 0.942. The molecule has 2 fully saturated rings. The fourth-order valence-corrected chi connectivity index (χ4v) is 5.13. The highest BCUT2D eigenvalue weighted by Crippen LogP contribution is 2.36. The Labute approximate surface area is 172 Å². The summed E-state index contributed by atoms with van der Waals surface area (Å²) in [6.45, 7) is 5.31. The molecule has 1 aromatic carbocycles. The van der Waals surface area contributed by atoms with Crippen LogP contribution in [0.5, 0.6) is 0 Å². The highest BCUT2D eigenvalue weighted by atomic mass is 35.5. The molecule has 2 unspecified atom stereocenters. The summed E-state index contributed by atoms with van der Waals surface area (Å²) in [5.41, 5.74) is 1.28. The summed E-state index contributed by atoms with van der Waals surface area (Å²) in [4.78, 5) is 5.02. The molecule has 3 rings (SSSR count). The lowest BCUT2D eigenvalue weighted by atomic mass is 9.74. The quantitative estimate of drug-likeness (QED) is 0.545. The number of benzene rings is 1. The van der Waals surface area contributed by atoms with Crippen molar-refractivity contribution in [3.8, 4) is 0 Å². The third-order valence-electron chi connectivity index (χ3n) is 5.83. The number of nitrogens with one attached hydrogen (secondary N) is 2. The summed E-state index contributed by atoms with van der Waals surface area (Å²) >= 11 is 8.27. The first-order chi connectivity index (χ1) is 13.1. The number of aliphatic imine (C=N–C) groups is 1. The van der Waals surface area contributed by atoms with Crippen LogP contribution in [0.3, 0.4) is 0 Å². The maximum absolute atomic E-state index is 6.29. The molecule has 0 aromatic heterocycles. The number of hydrogen-bond acceptors (Lipinski definition) is 3. The number of guanidine groups is 1. The van der Waals surface area contributed by atoms with Gasteiger partial charge < -0.3 is 15.4 Å². The Balaban J connectivity index is 1.74. The van der Waals surface area contributed by atoms with Crippen LogP contribution in [-0.2, 0) is 10.2 Å². The van der Waals surface area contributed by atoms with E-state index in [1.807, 2.05) is 23.9 Å². The van der Waals surface area contributed by atoms with Crippen molar-refractivity contribution in [3.63, 3.8) is 0 Å². The van der Waals surface area contributed by atoms with Crippen LogP contribution in [0.1, 0.15) is 44.6 Å². The molecule has 2 aliphatic rings. The van der Waals surface area contributed by atoms with Crippen LogP contribution >= 0.6 is 23.4 Å². The number of thioether (sulfide) groups is 1. The van der Waals surface area contributed by atoms with E-state index in [-0.39, 0.29) is 5.41 Å². The Morgan fingerprint density at radius 1 is 1.33 bits per heavy atom. The molecule has 0 spiro atoms. The van der Waals surface area contributed by atoms with E-state index in [0.29, 0.717) is 6.04 Å². The van der Waals surface area contributed by atoms with Gasteiger partial charge in [0.1, 0.15) is 0 Å². The van der Waals surface area contributed by atoms with Crippen LogP contribution in [0, 0.1) is 0 Å². The Morgan fingerprint density at radius 3 is 2.81 bits per heavy atom. The van der Waals surface area contributed by atoms with Gasteiger partial charge in [0.2, 0.25) is 0 Å². The smallest absolute Gasteiger partial charge is 0.191 e. The van der Waals surface area contributed by atoms with Crippen LogP contribution < -0.4 is 10.6 Å². The number of rotatable bonds is 6. The third kappa shape index (κ3) is 5.55. The second-order valence-electron chi connectivity index (χ2n) is 7.61. The lowest BCUT2D eigenvalue weighted by Gasteiger charge is -2.37. The van der Waals surface area contributed by atoms with Gasteiger partial charge >= 0.3 is 0 Å². The van der Waals surface area contributed by atoms with Gasteiger partial charge in [0.15, 0.2) is 5.96 Å². The van der Waals surface area contributed by atoms with E-state index >= 15 is 0 Å². The van der Waals surface area contributed by atoms with E-state index in [0.717, 1.165) is 55.4 Å². The van der Waals surface area contributed by atoms with Crippen molar-refractivity contribution in [1.82, 2.24) is 10.6 Å². The molecule has 6 heteroatoms. The molecular weight excluding hydrogens is 378 g/mol.